The Labute approximate surface area is 144 Å². The molecular weight excluding hydrogens is 302 g/mol. The van der Waals surface area contributed by atoms with Crippen molar-refractivity contribution in [1.29, 1.82) is 0 Å². The molecule has 5 heteroatoms. The lowest BCUT2D eigenvalue weighted by Crippen LogP contribution is -2.45. The molecule has 0 aliphatic heterocycles. The summed E-state index contributed by atoms with van der Waals surface area (Å²) in [5.41, 5.74) is 7.08. The summed E-state index contributed by atoms with van der Waals surface area (Å²) in [5.74, 6) is 0.257. The Hall–Kier alpha value is -1.88. The molecule has 2 amide bonds. The van der Waals surface area contributed by atoms with Gasteiger partial charge in [-0.2, -0.15) is 0 Å². The van der Waals surface area contributed by atoms with Crippen LogP contribution < -0.4 is 16.4 Å². The minimum Gasteiger partial charge on any atom is -0.352 e. The van der Waals surface area contributed by atoms with Crippen molar-refractivity contribution in [2.75, 3.05) is 11.9 Å². The Morgan fingerprint density at radius 3 is 2.50 bits per heavy atom. The van der Waals surface area contributed by atoms with Gasteiger partial charge in [-0.25, -0.2) is 0 Å². The van der Waals surface area contributed by atoms with Crippen molar-refractivity contribution >= 4 is 17.5 Å². The van der Waals surface area contributed by atoms with E-state index in [4.69, 9.17) is 5.73 Å². The van der Waals surface area contributed by atoms with Gasteiger partial charge in [0.25, 0.3) is 0 Å². The highest BCUT2D eigenvalue weighted by atomic mass is 16.2. The number of rotatable bonds is 8. The summed E-state index contributed by atoms with van der Waals surface area (Å²) < 4.78 is 0. The summed E-state index contributed by atoms with van der Waals surface area (Å²) in [5, 5.41) is 5.95. The number of anilines is 1. The second kappa shape index (κ2) is 8.29. The second-order valence-electron chi connectivity index (χ2n) is 6.69. The topological polar surface area (TPSA) is 84.2 Å². The standard InChI is InChI=1S/C19H29N3O2/c1-3-19(4-2,13-20)18(24)21-12-14-7-5-10-16(11-14)22-17(23)15-8-6-9-15/h5,7,10-11,15H,3-4,6,8-9,12-13,20H2,1-2H3,(H,21,24)(H,22,23). The highest BCUT2D eigenvalue weighted by Gasteiger charge is 2.33. The predicted molar refractivity (Wildman–Crippen MR) is 96.3 cm³/mol. The molecule has 0 unspecified atom stereocenters. The first-order valence-corrected chi connectivity index (χ1v) is 8.93. The molecule has 132 valence electrons. The maximum Gasteiger partial charge on any atom is 0.227 e. The summed E-state index contributed by atoms with van der Waals surface area (Å²) in [6.45, 7) is 4.77. The quantitative estimate of drug-likeness (QED) is 0.685. The van der Waals surface area contributed by atoms with E-state index < -0.39 is 5.41 Å². The molecule has 24 heavy (non-hydrogen) atoms. The number of hydrogen-bond acceptors (Lipinski definition) is 3. The van der Waals surface area contributed by atoms with Crippen molar-refractivity contribution < 1.29 is 9.59 Å². The summed E-state index contributed by atoms with van der Waals surface area (Å²) in [6.07, 6.45) is 4.56. The van der Waals surface area contributed by atoms with Gasteiger partial charge >= 0.3 is 0 Å². The van der Waals surface area contributed by atoms with Gasteiger partial charge in [0, 0.05) is 24.7 Å². The van der Waals surface area contributed by atoms with Crippen LogP contribution >= 0.6 is 0 Å². The highest BCUT2D eigenvalue weighted by molar-refractivity contribution is 5.93. The zero-order valence-electron chi connectivity index (χ0n) is 14.7. The van der Waals surface area contributed by atoms with E-state index in [2.05, 4.69) is 10.6 Å². The van der Waals surface area contributed by atoms with Crippen molar-refractivity contribution in [1.82, 2.24) is 5.32 Å². The van der Waals surface area contributed by atoms with Crippen LogP contribution in [0.3, 0.4) is 0 Å². The normalized spacial score (nSPS) is 14.8. The molecule has 0 atom stereocenters. The van der Waals surface area contributed by atoms with Crippen LogP contribution in [0, 0.1) is 11.3 Å². The summed E-state index contributed by atoms with van der Waals surface area (Å²) >= 11 is 0. The molecule has 0 aromatic heterocycles. The van der Waals surface area contributed by atoms with Crippen molar-refractivity contribution in [2.45, 2.75) is 52.5 Å². The first-order valence-electron chi connectivity index (χ1n) is 8.93. The smallest absolute Gasteiger partial charge is 0.227 e. The zero-order chi connectivity index (χ0) is 17.6. The van der Waals surface area contributed by atoms with Crippen LogP contribution in [0.5, 0.6) is 0 Å². The monoisotopic (exact) mass is 331 g/mol. The average Bonchev–Trinajstić information content (AvgIpc) is 2.53. The van der Waals surface area contributed by atoms with E-state index in [0.29, 0.717) is 13.1 Å². The third-order valence-corrected chi connectivity index (χ3v) is 5.35. The van der Waals surface area contributed by atoms with Gasteiger partial charge in [-0.3, -0.25) is 9.59 Å². The lowest BCUT2D eigenvalue weighted by molar-refractivity contribution is -0.131. The van der Waals surface area contributed by atoms with Gasteiger partial charge in [-0.1, -0.05) is 32.4 Å². The molecule has 0 heterocycles. The number of carbonyl (C=O) groups is 2. The summed E-state index contributed by atoms with van der Waals surface area (Å²) in [6, 6.07) is 7.64. The maximum absolute atomic E-state index is 12.5. The number of nitrogens with one attached hydrogen (secondary N) is 2. The molecule has 5 nitrogen and oxygen atoms in total. The lowest BCUT2D eigenvalue weighted by atomic mass is 9.81. The van der Waals surface area contributed by atoms with Crippen LogP contribution in [0.1, 0.15) is 51.5 Å². The van der Waals surface area contributed by atoms with Gasteiger partial charge in [0.1, 0.15) is 0 Å². The third kappa shape index (κ3) is 4.15. The van der Waals surface area contributed by atoms with Crippen molar-refractivity contribution in [3.8, 4) is 0 Å². The molecule has 4 N–H and O–H groups in total. The molecule has 1 aliphatic carbocycles. The Morgan fingerprint density at radius 1 is 1.25 bits per heavy atom. The number of amides is 2. The molecule has 2 rings (SSSR count). The summed E-state index contributed by atoms with van der Waals surface area (Å²) in [4.78, 5) is 24.5. The summed E-state index contributed by atoms with van der Waals surface area (Å²) in [7, 11) is 0. The van der Waals surface area contributed by atoms with Crippen LogP contribution in [0.15, 0.2) is 24.3 Å². The fourth-order valence-corrected chi connectivity index (χ4v) is 3.00. The van der Waals surface area contributed by atoms with E-state index in [0.717, 1.165) is 43.4 Å². The van der Waals surface area contributed by atoms with E-state index in [-0.39, 0.29) is 17.7 Å². The average molecular weight is 331 g/mol. The molecule has 1 aromatic carbocycles. The number of hydrogen-bond donors (Lipinski definition) is 3. The second-order valence-corrected chi connectivity index (χ2v) is 6.69. The molecule has 1 aromatic rings. The lowest BCUT2D eigenvalue weighted by Gasteiger charge is -2.28. The maximum atomic E-state index is 12.5. The minimum absolute atomic E-state index is 0.00101. The molecule has 0 saturated heterocycles. The van der Waals surface area contributed by atoms with Crippen molar-refractivity contribution in [3.63, 3.8) is 0 Å². The van der Waals surface area contributed by atoms with Crippen LogP contribution in [-0.4, -0.2) is 18.4 Å². The predicted octanol–water partition coefficient (Wildman–Crippen LogP) is 2.81. The first kappa shape index (κ1) is 18.5. The Balaban J connectivity index is 1.94. The van der Waals surface area contributed by atoms with Gasteiger partial charge in [-0.05, 0) is 43.4 Å². The van der Waals surface area contributed by atoms with Crippen molar-refractivity contribution in [3.05, 3.63) is 29.8 Å². The molecule has 1 saturated carbocycles. The van der Waals surface area contributed by atoms with E-state index >= 15 is 0 Å². The number of carbonyl (C=O) groups excluding carboxylic acids is 2. The molecule has 0 spiro atoms. The minimum atomic E-state index is -0.490. The first-order chi connectivity index (χ1) is 11.5. The van der Waals surface area contributed by atoms with Crippen LogP contribution in [0.2, 0.25) is 0 Å². The van der Waals surface area contributed by atoms with Crippen LogP contribution in [-0.2, 0) is 16.1 Å². The molecule has 0 bridgehead atoms. The van der Waals surface area contributed by atoms with E-state index in [1.807, 2.05) is 38.1 Å². The van der Waals surface area contributed by atoms with Crippen molar-refractivity contribution in [2.24, 2.45) is 17.1 Å². The van der Waals surface area contributed by atoms with Gasteiger partial charge in [0.15, 0.2) is 0 Å². The van der Waals surface area contributed by atoms with Crippen LogP contribution in [0.25, 0.3) is 0 Å². The van der Waals surface area contributed by atoms with E-state index in [1.54, 1.807) is 0 Å². The van der Waals surface area contributed by atoms with Gasteiger partial charge < -0.3 is 16.4 Å². The van der Waals surface area contributed by atoms with E-state index in [1.165, 1.54) is 0 Å². The largest absolute Gasteiger partial charge is 0.352 e. The number of benzene rings is 1. The molecule has 0 radical (unpaired) electrons. The van der Waals surface area contributed by atoms with E-state index in [9.17, 15) is 9.59 Å². The number of nitrogens with two attached hydrogens (primary N) is 1. The molecule has 1 fully saturated rings. The van der Waals surface area contributed by atoms with Gasteiger partial charge in [-0.15, -0.1) is 0 Å². The molecular formula is C19H29N3O2. The fraction of sp³-hybridized carbons (Fsp3) is 0.579. The van der Waals surface area contributed by atoms with Gasteiger partial charge in [0.05, 0.1) is 5.41 Å². The zero-order valence-corrected chi connectivity index (χ0v) is 14.7. The van der Waals surface area contributed by atoms with Crippen LogP contribution in [0.4, 0.5) is 5.69 Å². The molecule has 1 aliphatic rings. The fourth-order valence-electron chi connectivity index (χ4n) is 3.00. The third-order valence-electron chi connectivity index (χ3n) is 5.35. The van der Waals surface area contributed by atoms with Gasteiger partial charge in [0.2, 0.25) is 11.8 Å². The SMILES string of the molecule is CCC(CC)(CN)C(=O)NCc1cccc(NC(=O)C2CCC2)c1. The highest BCUT2D eigenvalue weighted by Crippen LogP contribution is 2.28. The Morgan fingerprint density at radius 2 is 1.96 bits per heavy atom. The Bertz CT molecular complexity index is 569. The Kier molecular flexibility index (Phi) is 6.37.